The van der Waals surface area contributed by atoms with Gasteiger partial charge in [0.1, 0.15) is 12.2 Å². The molecule has 0 unspecified atom stereocenters. The number of phenolic OH excluding ortho intramolecular Hbond substituents is 1. The van der Waals surface area contributed by atoms with Crippen LogP contribution in [0.3, 0.4) is 0 Å². The molecule has 0 radical (unpaired) electrons. The molecule has 0 atom stereocenters. The number of benzene rings is 2. The van der Waals surface area contributed by atoms with Crippen molar-refractivity contribution in [2.24, 2.45) is 5.10 Å². The number of nitrogens with one attached hydrogen (secondary N) is 2. The van der Waals surface area contributed by atoms with Gasteiger partial charge in [0.05, 0.1) is 21.9 Å². The largest absolute Gasteiger partial charge is 0.508 e. The highest BCUT2D eigenvalue weighted by Gasteiger charge is 2.11. The molecule has 0 aliphatic rings. The number of phenols is 1. The minimum Gasteiger partial charge on any atom is -0.508 e. The van der Waals surface area contributed by atoms with Gasteiger partial charge in [-0.05, 0) is 42.0 Å². The maximum absolute atomic E-state index is 11.8. The van der Waals surface area contributed by atoms with Crippen LogP contribution in [0.5, 0.6) is 5.75 Å². The lowest BCUT2D eigenvalue weighted by molar-refractivity contribution is -0.126. The fraction of sp³-hybridized carbons (Fsp3) is 0.0625. The second-order valence-corrected chi connectivity index (χ2v) is 5.50. The summed E-state index contributed by atoms with van der Waals surface area (Å²) < 4.78 is 0. The molecule has 8 heteroatoms. The van der Waals surface area contributed by atoms with E-state index in [4.69, 9.17) is 28.3 Å². The number of carbonyl (C=O) groups is 2. The van der Waals surface area contributed by atoms with Crippen LogP contribution in [0.2, 0.25) is 10.0 Å². The first kappa shape index (κ1) is 17.8. The lowest BCUT2D eigenvalue weighted by Crippen LogP contribution is -2.24. The van der Waals surface area contributed by atoms with Gasteiger partial charge >= 0.3 is 0 Å². The van der Waals surface area contributed by atoms with Crippen LogP contribution in [0.4, 0.5) is 5.69 Å². The van der Waals surface area contributed by atoms with E-state index in [0.29, 0.717) is 16.3 Å². The number of amides is 2. The number of hydrogen-bond acceptors (Lipinski definition) is 4. The summed E-state index contributed by atoms with van der Waals surface area (Å²) in [5.41, 5.74) is 3.25. The summed E-state index contributed by atoms with van der Waals surface area (Å²) in [6.45, 7) is 0. The van der Waals surface area contributed by atoms with Gasteiger partial charge in [0.25, 0.3) is 0 Å². The minimum absolute atomic E-state index is 0.132. The highest BCUT2D eigenvalue weighted by molar-refractivity contribution is 6.44. The first-order valence-electron chi connectivity index (χ1n) is 6.80. The average Bonchev–Trinajstić information content (AvgIpc) is 2.53. The second kappa shape index (κ2) is 8.33. The van der Waals surface area contributed by atoms with E-state index in [9.17, 15) is 9.59 Å². The van der Waals surface area contributed by atoms with Gasteiger partial charge in [-0.15, -0.1) is 0 Å². The number of halogens is 2. The van der Waals surface area contributed by atoms with Crippen LogP contribution in [0, 0.1) is 0 Å². The van der Waals surface area contributed by atoms with Gasteiger partial charge < -0.3 is 10.4 Å². The zero-order valence-corrected chi connectivity index (χ0v) is 13.8. The number of anilines is 1. The molecule has 0 saturated carbocycles. The summed E-state index contributed by atoms with van der Waals surface area (Å²) in [7, 11) is 0. The van der Waals surface area contributed by atoms with Crippen molar-refractivity contribution in [1.82, 2.24) is 5.43 Å². The Labute approximate surface area is 148 Å². The fourth-order valence-corrected chi connectivity index (χ4v) is 2.07. The standard InChI is InChI=1S/C16H13Cl2N3O3/c17-12-2-1-3-13(16(12)18)20-14(23)8-15(24)21-19-9-10-4-6-11(22)7-5-10/h1-7,9,22H,8H2,(H,20,23)(H,21,24)/b19-9+. The van der Waals surface area contributed by atoms with E-state index in [2.05, 4.69) is 15.8 Å². The lowest BCUT2D eigenvalue weighted by Gasteiger charge is -2.07. The van der Waals surface area contributed by atoms with Gasteiger partial charge in [0.2, 0.25) is 11.8 Å². The Morgan fingerprint density at radius 3 is 2.50 bits per heavy atom. The Kier molecular flexibility index (Phi) is 6.17. The van der Waals surface area contributed by atoms with Crippen LogP contribution < -0.4 is 10.7 Å². The van der Waals surface area contributed by atoms with E-state index in [1.807, 2.05) is 0 Å². The van der Waals surface area contributed by atoms with E-state index in [1.54, 1.807) is 30.3 Å². The molecule has 0 heterocycles. The molecule has 6 nitrogen and oxygen atoms in total. The van der Waals surface area contributed by atoms with Gasteiger partial charge in [-0.2, -0.15) is 5.10 Å². The molecule has 0 spiro atoms. The van der Waals surface area contributed by atoms with Crippen LogP contribution in [-0.2, 0) is 9.59 Å². The SMILES string of the molecule is O=C(CC(=O)Nc1cccc(Cl)c1Cl)N/N=C/c1ccc(O)cc1. The number of aromatic hydroxyl groups is 1. The molecule has 3 N–H and O–H groups in total. The maximum Gasteiger partial charge on any atom is 0.249 e. The van der Waals surface area contributed by atoms with Crippen LogP contribution in [0.15, 0.2) is 47.6 Å². The van der Waals surface area contributed by atoms with Crippen molar-refractivity contribution in [2.75, 3.05) is 5.32 Å². The van der Waals surface area contributed by atoms with E-state index in [-0.39, 0.29) is 10.8 Å². The van der Waals surface area contributed by atoms with Crippen LogP contribution >= 0.6 is 23.2 Å². The third kappa shape index (κ3) is 5.26. The Morgan fingerprint density at radius 2 is 1.79 bits per heavy atom. The molecule has 0 bridgehead atoms. The highest BCUT2D eigenvalue weighted by Crippen LogP contribution is 2.29. The number of hydrogen-bond donors (Lipinski definition) is 3. The van der Waals surface area contributed by atoms with Crippen LogP contribution in [0.25, 0.3) is 0 Å². The Hall–Kier alpha value is -2.57. The Bertz CT molecular complexity index is 777. The summed E-state index contributed by atoms with van der Waals surface area (Å²) in [5.74, 6) is -0.996. The van der Waals surface area contributed by atoms with Crippen molar-refractivity contribution >= 4 is 46.9 Å². The molecular formula is C16H13Cl2N3O3. The predicted molar refractivity (Wildman–Crippen MR) is 93.6 cm³/mol. The molecule has 2 aromatic rings. The molecule has 124 valence electrons. The van der Waals surface area contributed by atoms with Crippen molar-refractivity contribution in [3.8, 4) is 5.75 Å². The van der Waals surface area contributed by atoms with Crippen LogP contribution in [0.1, 0.15) is 12.0 Å². The smallest absolute Gasteiger partial charge is 0.249 e. The highest BCUT2D eigenvalue weighted by atomic mass is 35.5. The molecular weight excluding hydrogens is 353 g/mol. The quantitative estimate of drug-likeness (QED) is 0.431. The van der Waals surface area contributed by atoms with Crippen molar-refractivity contribution in [3.63, 3.8) is 0 Å². The zero-order valence-electron chi connectivity index (χ0n) is 12.3. The molecule has 2 amide bonds. The minimum atomic E-state index is -0.583. The first-order chi connectivity index (χ1) is 11.5. The summed E-state index contributed by atoms with van der Waals surface area (Å²) >= 11 is 11.8. The zero-order chi connectivity index (χ0) is 17.5. The molecule has 2 rings (SSSR count). The average molecular weight is 366 g/mol. The maximum atomic E-state index is 11.8. The molecule has 0 saturated heterocycles. The molecule has 0 aliphatic carbocycles. The third-order valence-corrected chi connectivity index (χ3v) is 3.66. The normalized spacial score (nSPS) is 10.6. The van der Waals surface area contributed by atoms with E-state index in [1.165, 1.54) is 18.3 Å². The van der Waals surface area contributed by atoms with Crippen molar-refractivity contribution in [1.29, 1.82) is 0 Å². The van der Waals surface area contributed by atoms with Crippen molar-refractivity contribution in [3.05, 3.63) is 58.1 Å². The van der Waals surface area contributed by atoms with Gasteiger partial charge in [-0.3, -0.25) is 9.59 Å². The molecule has 0 aliphatic heterocycles. The fourth-order valence-electron chi connectivity index (χ4n) is 1.72. The summed E-state index contributed by atoms with van der Waals surface area (Å²) in [6, 6.07) is 11.0. The number of carbonyl (C=O) groups excluding carboxylic acids is 2. The number of rotatable bonds is 5. The molecule has 24 heavy (non-hydrogen) atoms. The summed E-state index contributed by atoms with van der Waals surface area (Å²) in [5, 5.41) is 15.9. The monoisotopic (exact) mass is 365 g/mol. The van der Waals surface area contributed by atoms with Gasteiger partial charge in [0, 0.05) is 0 Å². The van der Waals surface area contributed by atoms with E-state index >= 15 is 0 Å². The Morgan fingerprint density at radius 1 is 1.08 bits per heavy atom. The third-order valence-electron chi connectivity index (χ3n) is 2.84. The van der Waals surface area contributed by atoms with Crippen molar-refractivity contribution < 1.29 is 14.7 Å². The predicted octanol–water partition coefficient (Wildman–Crippen LogP) is 3.18. The lowest BCUT2D eigenvalue weighted by atomic mass is 10.2. The van der Waals surface area contributed by atoms with Crippen molar-refractivity contribution in [2.45, 2.75) is 6.42 Å². The number of nitrogens with zero attached hydrogens (tertiary/aromatic N) is 1. The second-order valence-electron chi connectivity index (χ2n) is 4.71. The Balaban J connectivity index is 1.84. The summed E-state index contributed by atoms with van der Waals surface area (Å²) in [4.78, 5) is 23.5. The van der Waals surface area contributed by atoms with Crippen LogP contribution in [-0.4, -0.2) is 23.1 Å². The summed E-state index contributed by atoms with van der Waals surface area (Å²) in [6.07, 6.45) is 0.971. The number of hydrazone groups is 1. The van der Waals surface area contributed by atoms with Gasteiger partial charge in [-0.1, -0.05) is 29.3 Å². The molecule has 2 aromatic carbocycles. The topological polar surface area (TPSA) is 90.8 Å². The van der Waals surface area contributed by atoms with E-state index in [0.717, 1.165) is 0 Å². The first-order valence-corrected chi connectivity index (χ1v) is 7.56. The van der Waals surface area contributed by atoms with E-state index < -0.39 is 18.2 Å². The molecule has 0 fully saturated rings. The molecule has 0 aromatic heterocycles. The van der Waals surface area contributed by atoms with Gasteiger partial charge in [-0.25, -0.2) is 5.43 Å². The van der Waals surface area contributed by atoms with Gasteiger partial charge in [0.15, 0.2) is 0 Å².